The molecule has 0 bridgehead atoms. The summed E-state index contributed by atoms with van der Waals surface area (Å²) >= 11 is 0. The SMILES string of the molecule is C[C@@H]1CN(c2ccccc2)CCN1. The van der Waals surface area contributed by atoms with Crippen LogP contribution in [0.3, 0.4) is 0 Å². The first-order valence-corrected chi connectivity index (χ1v) is 4.89. The summed E-state index contributed by atoms with van der Waals surface area (Å²) in [4.78, 5) is 2.43. The van der Waals surface area contributed by atoms with Crippen LogP contribution in [0.1, 0.15) is 6.92 Å². The standard InChI is InChI=1S/C11H16N2/c1-10-9-13(8-7-12-10)11-5-3-2-4-6-11/h2-6,10,12H,7-9H2,1H3/t10-/m1/s1. The number of benzene rings is 1. The van der Waals surface area contributed by atoms with Crippen molar-refractivity contribution in [1.82, 2.24) is 5.32 Å². The lowest BCUT2D eigenvalue weighted by Crippen LogP contribution is -2.49. The molecule has 1 aromatic rings. The van der Waals surface area contributed by atoms with E-state index in [1.807, 2.05) is 0 Å². The Labute approximate surface area is 79.6 Å². The van der Waals surface area contributed by atoms with E-state index in [1.54, 1.807) is 0 Å². The van der Waals surface area contributed by atoms with Crippen LogP contribution in [0.25, 0.3) is 0 Å². The molecule has 0 amide bonds. The van der Waals surface area contributed by atoms with Gasteiger partial charge < -0.3 is 10.2 Å². The monoisotopic (exact) mass is 176 g/mol. The fourth-order valence-electron chi connectivity index (χ4n) is 1.81. The number of nitrogens with one attached hydrogen (secondary N) is 1. The number of hydrogen-bond donors (Lipinski definition) is 1. The van der Waals surface area contributed by atoms with E-state index in [0.29, 0.717) is 6.04 Å². The normalized spacial score (nSPS) is 23.2. The highest BCUT2D eigenvalue weighted by molar-refractivity contribution is 5.46. The Hall–Kier alpha value is -1.02. The first-order valence-electron chi connectivity index (χ1n) is 4.89. The van der Waals surface area contributed by atoms with Crippen LogP contribution in [0.4, 0.5) is 5.69 Å². The van der Waals surface area contributed by atoms with Crippen molar-refractivity contribution < 1.29 is 0 Å². The molecule has 2 heteroatoms. The van der Waals surface area contributed by atoms with Gasteiger partial charge in [-0.25, -0.2) is 0 Å². The molecule has 1 aromatic carbocycles. The fourth-order valence-corrected chi connectivity index (χ4v) is 1.81. The van der Waals surface area contributed by atoms with Gasteiger partial charge in [-0.3, -0.25) is 0 Å². The highest BCUT2D eigenvalue weighted by Gasteiger charge is 2.14. The van der Waals surface area contributed by atoms with Crippen LogP contribution in [-0.2, 0) is 0 Å². The van der Waals surface area contributed by atoms with Crippen LogP contribution >= 0.6 is 0 Å². The summed E-state index contributed by atoms with van der Waals surface area (Å²) in [6, 6.07) is 11.2. The molecular weight excluding hydrogens is 160 g/mol. The maximum absolute atomic E-state index is 3.44. The Kier molecular flexibility index (Phi) is 2.50. The van der Waals surface area contributed by atoms with Crippen molar-refractivity contribution in [2.75, 3.05) is 24.5 Å². The van der Waals surface area contributed by atoms with E-state index in [2.05, 4.69) is 47.5 Å². The van der Waals surface area contributed by atoms with Crippen molar-refractivity contribution in [3.8, 4) is 0 Å². The zero-order valence-corrected chi connectivity index (χ0v) is 8.03. The van der Waals surface area contributed by atoms with Gasteiger partial charge in [-0.2, -0.15) is 0 Å². The summed E-state index contributed by atoms with van der Waals surface area (Å²) < 4.78 is 0. The molecule has 1 N–H and O–H groups in total. The quantitative estimate of drug-likeness (QED) is 0.697. The van der Waals surface area contributed by atoms with Crippen LogP contribution in [-0.4, -0.2) is 25.7 Å². The summed E-state index contributed by atoms with van der Waals surface area (Å²) in [5, 5.41) is 3.44. The largest absolute Gasteiger partial charge is 0.369 e. The fraction of sp³-hybridized carbons (Fsp3) is 0.455. The molecule has 70 valence electrons. The van der Waals surface area contributed by atoms with Gasteiger partial charge in [0.2, 0.25) is 0 Å². The lowest BCUT2D eigenvalue weighted by atomic mass is 10.2. The van der Waals surface area contributed by atoms with E-state index in [1.165, 1.54) is 5.69 Å². The predicted octanol–water partition coefficient (Wildman–Crippen LogP) is 1.48. The van der Waals surface area contributed by atoms with E-state index in [9.17, 15) is 0 Å². The maximum atomic E-state index is 3.44. The average Bonchev–Trinajstić information content (AvgIpc) is 2.19. The van der Waals surface area contributed by atoms with E-state index in [0.717, 1.165) is 19.6 Å². The van der Waals surface area contributed by atoms with Crippen molar-refractivity contribution in [2.45, 2.75) is 13.0 Å². The van der Waals surface area contributed by atoms with Crippen molar-refractivity contribution in [3.63, 3.8) is 0 Å². The summed E-state index contributed by atoms with van der Waals surface area (Å²) in [7, 11) is 0. The minimum Gasteiger partial charge on any atom is -0.369 e. The molecule has 1 fully saturated rings. The highest BCUT2D eigenvalue weighted by atomic mass is 15.2. The van der Waals surface area contributed by atoms with E-state index in [-0.39, 0.29) is 0 Å². The van der Waals surface area contributed by atoms with E-state index >= 15 is 0 Å². The Morgan fingerprint density at radius 1 is 1.31 bits per heavy atom. The predicted molar refractivity (Wildman–Crippen MR) is 56.1 cm³/mol. The number of nitrogens with zero attached hydrogens (tertiary/aromatic N) is 1. The van der Waals surface area contributed by atoms with Gasteiger partial charge in [-0.05, 0) is 19.1 Å². The lowest BCUT2D eigenvalue weighted by Gasteiger charge is -2.33. The second-order valence-electron chi connectivity index (χ2n) is 3.64. The number of anilines is 1. The minimum absolute atomic E-state index is 0.606. The molecule has 1 saturated heterocycles. The Morgan fingerprint density at radius 3 is 2.77 bits per heavy atom. The third kappa shape index (κ3) is 2.01. The zero-order valence-electron chi connectivity index (χ0n) is 8.03. The highest BCUT2D eigenvalue weighted by Crippen LogP contribution is 2.14. The van der Waals surface area contributed by atoms with Gasteiger partial charge >= 0.3 is 0 Å². The van der Waals surface area contributed by atoms with Gasteiger partial charge in [0, 0.05) is 31.4 Å². The Morgan fingerprint density at radius 2 is 2.08 bits per heavy atom. The van der Waals surface area contributed by atoms with E-state index < -0.39 is 0 Å². The molecule has 0 unspecified atom stereocenters. The first kappa shape index (κ1) is 8.57. The van der Waals surface area contributed by atoms with Gasteiger partial charge in [0.25, 0.3) is 0 Å². The molecule has 0 aromatic heterocycles. The number of hydrogen-bond acceptors (Lipinski definition) is 2. The summed E-state index contributed by atoms with van der Waals surface area (Å²) in [5.74, 6) is 0. The molecule has 2 nitrogen and oxygen atoms in total. The second-order valence-corrected chi connectivity index (χ2v) is 3.64. The van der Waals surface area contributed by atoms with Crippen molar-refractivity contribution in [3.05, 3.63) is 30.3 Å². The topological polar surface area (TPSA) is 15.3 Å². The molecule has 1 heterocycles. The third-order valence-electron chi connectivity index (χ3n) is 2.49. The molecule has 1 atom stereocenters. The first-order chi connectivity index (χ1) is 6.36. The lowest BCUT2D eigenvalue weighted by molar-refractivity contribution is 0.485. The summed E-state index contributed by atoms with van der Waals surface area (Å²) in [6.07, 6.45) is 0. The number of para-hydroxylation sites is 1. The van der Waals surface area contributed by atoms with Gasteiger partial charge in [-0.1, -0.05) is 18.2 Å². The molecule has 1 aliphatic heterocycles. The molecule has 0 saturated carbocycles. The number of piperazine rings is 1. The smallest absolute Gasteiger partial charge is 0.0367 e. The summed E-state index contributed by atoms with van der Waals surface area (Å²) in [5.41, 5.74) is 1.34. The van der Waals surface area contributed by atoms with Crippen molar-refractivity contribution in [2.24, 2.45) is 0 Å². The molecule has 0 radical (unpaired) electrons. The van der Waals surface area contributed by atoms with Gasteiger partial charge in [0.15, 0.2) is 0 Å². The van der Waals surface area contributed by atoms with Gasteiger partial charge in [-0.15, -0.1) is 0 Å². The molecule has 0 aliphatic carbocycles. The molecule has 1 aliphatic rings. The molecule has 2 rings (SSSR count). The van der Waals surface area contributed by atoms with Crippen LogP contribution < -0.4 is 10.2 Å². The van der Waals surface area contributed by atoms with Crippen LogP contribution in [0.5, 0.6) is 0 Å². The van der Waals surface area contributed by atoms with Gasteiger partial charge in [0.1, 0.15) is 0 Å². The van der Waals surface area contributed by atoms with Gasteiger partial charge in [0.05, 0.1) is 0 Å². The zero-order chi connectivity index (χ0) is 9.10. The van der Waals surface area contributed by atoms with Crippen LogP contribution in [0, 0.1) is 0 Å². The van der Waals surface area contributed by atoms with Crippen LogP contribution in [0.15, 0.2) is 30.3 Å². The minimum atomic E-state index is 0.606. The van der Waals surface area contributed by atoms with Crippen molar-refractivity contribution >= 4 is 5.69 Å². The molecule has 13 heavy (non-hydrogen) atoms. The third-order valence-corrected chi connectivity index (χ3v) is 2.49. The summed E-state index contributed by atoms with van der Waals surface area (Å²) in [6.45, 7) is 5.56. The maximum Gasteiger partial charge on any atom is 0.0367 e. The molecular formula is C11H16N2. The average molecular weight is 176 g/mol. The van der Waals surface area contributed by atoms with Crippen molar-refractivity contribution in [1.29, 1.82) is 0 Å². The van der Waals surface area contributed by atoms with Crippen LogP contribution in [0.2, 0.25) is 0 Å². The van der Waals surface area contributed by atoms with E-state index in [4.69, 9.17) is 0 Å². The Balaban J connectivity index is 2.08. The second kappa shape index (κ2) is 3.79. The Bertz CT molecular complexity index is 258. The molecule has 0 spiro atoms. The number of rotatable bonds is 1.